The first-order valence-electron chi connectivity index (χ1n) is 38.0. The summed E-state index contributed by atoms with van der Waals surface area (Å²) >= 11 is 0. The van der Waals surface area contributed by atoms with Crippen molar-refractivity contribution in [1.82, 2.24) is 32.0 Å². The van der Waals surface area contributed by atoms with Gasteiger partial charge in [-0.25, -0.2) is 0 Å². The molecule has 7 heterocycles. The molecule has 8 nitrogen and oxygen atoms in total. The lowest BCUT2D eigenvalue weighted by Gasteiger charge is -2.30. The van der Waals surface area contributed by atoms with Gasteiger partial charge >= 0.3 is 0 Å². The normalized spacial score (nSPS) is 12.1. The molecule has 0 N–H and O–H groups in total. The highest BCUT2D eigenvalue weighted by Gasteiger charge is 2.37. The molecule has 0 saturated carbocycles. The van der Waals surface area contributed by atoms with Gasteiger partial charge in [-0.05, 0) is 144 Å². The summed E-state index contributed by atoms with van der Waals surface area (Å²) in [6.07, 6.45) is 0. The number of hydrogen-bond donors (Lipinski definition) is 0. The second-order valence-corrected chi connectivity index (χ2v) is 29.3. The molecule has 24 aromatic rings. The Labute approximate surface area is 635 Å². The topological polar surface area (TPSA) is 58.3 Å². The number of nitrogens with zero attached hydrogens (tertiary/aromatic N) is 8. The molecule has 24 rings (SSSR count). The molecular formula is C103H62N8. The van der Waals surface area contributed by atoms with Crippen molar-refractivity contribution >= 4 is 153 Å². The van der Waals surface area contributed by atoms with Crippen molar-refractivity contribution in [3.05, 3.63) is 382 Å². The highest BCUT2D eigenvalue weighted by Crippen LogP contribution is 2.53. The molecule has 0 aliphatic heterocycles. The zero-order chi connectivity index (χ0) is 72.7. The first kappa shape index (κ1) is 61.0. The number of para-hydroxylation sites is 12. The maximum Gasteiger partial charge on any atom is 0.105 e. The summed E-state index contributed by atoms with van der Waals surface area (Å²) < 4.78 is 17.3. The highest BCUT2D eigenvalue weighted by molar-refractivity contribution is 6.20. The van der Waals surface area contributed by atoms with Crippen LogP contribution in [0.2, 0.25) is 0 Å². The van der Waals surface area contributed by atoms with Crippen LogP contribution in [0.4, 0.5) is 0 Å². The van der Waals surface area contributed by atoms with Crippen molar-refractivity contribution < 1.29 is 0 Å². The Morgan fingerprint density at radius 2 is 0.342 bits per heavy atom. The van der Waals surface area contributed by atoms with Gasteiger partial charge in [-0.2, -0.15) is 5.26 Å². The summed E-state index contributed by atoms with van der Waals surface area (Å²) in [5.74, 6) is 0. The third kappa shape index (κ3) is 8.57. The maximum atomic E-state index is 13.6. The molecule has 0 atom stereocenters. The Kier molecular flexibility index (Phi) is 12.9. The predicted octanol–water partition coefficient (Wildman–Crippen LogP) is 26.6. The highest BCUT2D eigenvalue weighted by atomic mass is 15.2. The van der Waals surface area contributed by atoms with Gasteiger partial charge in [-0.1, -0.05) is 255 Å². The molecule has 0 aliphatic rings. The minimum Gasteiger partial charge on any atom is -0.309 e. The summed E-state index contributed by atoms with van der Waals surface area (Å²) in [7, 11) is 0. The number of nitriles is 1. The second-order valence-electron chi connectivity index (χ2n) is 29.3. The third-order valence-electron chi connectivity index (χ3n) is 23.7. The van der Waals surface area contributed by atoms with Gasteiger partial charge in [0.2, 0.25) is 0 Å². The van der Waals surface area contributed by atoms with Crippen LogP contribution < -0.4 is 0 Å². The maximum absolute atomic E-state index is 13.6. The SMILES string of the molecule is N#Cc1c(-n2c3ccccc3c3ccccc32)c(-n2c3ccccc3c3cc(-c4cccc(-n5c6ccccc6c6ccccc65)c4)ccc32)c(-n2c3ccccc3c3ccccc32)c(-n2c3ccccc3c3cc(-c4cccc(-n5c6ccccc6c6ccccc65)c4)ccc32)c1-n1c2ccccc2c2ccccc21. The molecule has 0 radical (unpaired) electrons. The van der Waals surface area contributed by atoms with Gasteiger partial charge in [0, 0.05) is 86.8 Å². The van der Waals surface area contributed by atoms with E-state index >= 15 is 0 Å². The number of aromatic nitrogens is 7. The summed E-state index contributed by atoms with van der Waals surface area (Å²) in [5, 5.41) is 29.3. The van der Waals surface area contributed by atoms with E-state index in [2.05, 4.69) is 414 Å². The fourth-order valence-corrected chi connectivity index (χ4v) is 19.2. The van der Waals surface area contributed by atoms with Crippen molar-refractivity contribution in [2.24, 2.45) is 0 Å². The molecule has 7 aromatic heterocycles. The number of hydrogen-bond acceptors (Lipinski definition) is 1. The Bertz CT molecular complexity index is 7510. The molecule has 8 heteroatoms. The van der Waals surface area contributed by atoms with Gasteiger partial charge in [0.25, 0.3) is 0 Å². The van der Waals surface area contributed by atoms with E-state index in [1.165, 1.54) is 21.5 Å². The van der Waals surface area contributed by atoms with Crippen molar-refractivity contribution in [3.63, 3.8) is 0 Å². The van der Waals surface area contributed by atoms with Crippen LogP contribution in [0.25, 0.3) is 215 Å². The lowest BCUT2D eigenvalue weighted by Crippen LogP contribution is -2.18. The summed E-state index contributed by atoms with van der Waals surface area (Å²) in [6.45, 7) is 0. The Hall–Kier alpha value is -15.2. The Morgan fingerprint density at radius 3 is 0.586 bits per heavy atom. The van der Waals surface area contributed by atoms with Crippen LogP contribution in [-0.4, -0.2) is 32.0 Å². The number of benzene rings is 17. The lowest BCUT2D eigenvalue weighted by atomic mass is 10.0. The van der Waals surface area contributed by atoms with E-state index in [1.807, 2.05) is 0 Å². The van der Waals surface area contributed by atoms with Crippen molar-refractivity contribution in [2.75, 3.05) is 0 Å². The molecule has 0 amide bonds. The van der Waals surface area contributed by atoms with Gasteiger partial charge in [-0.3, -0.25) is 0 Å². The van der Waals surface area contributed by atoms with Gasteiger partial charge in [0.1, 0.15) is 11.6 Å². The molecule has 17 aromatic carbocycles. The van der Waals surface area contributed by atoms with E-state index in [0.717, 1.165) is 193 Å². The van der Waals surface area contributed by atoms with Gasteiger partial charge in [0.05, 0.1) is 106 Å². The van der Waals surface area contributed by atoms with E-state index in [0.29, 0.717) is 5.56 Å². The smallest absolute Gasteiger partial charge is 0.105 e. The fraction of sp³-hybridized carbons (Fsp3) is 0. The van der Waals surface area contributed by atoms with Gasteiger partial charge in [0.15, 0.2) is 0 Å². The molecule has 0 spiro atoms. The van der Waals surface area contributed by atoms with E-state index in [1.54, 1.807) is 0 Å². The van der Waals surface area contributed by atoms with Gasteiger partial charge < -0.3 is 32.0 Å². The minimum atomic E-state index is 0.497. The Morgan fingerprint density at radius 1 is 0.153 bits per heavy atom. The van der Waals surface area contributed by atoms with Crippen LogP contribution in [-0.2, 0) is 0 Å². The molecule has 0 aliphatic carbocycles. The summed E-state index contributed by atoms with van der Waals surface area (Å²) in [5.41, 5.74) is 25.6. The monoisotopic (exact) mass is 1410 g/mol. The van der Waals surface area contributed by atoms with Gasteiger partial charge in [-0.15, -0.1) is 0 Å². The van der Waals surface area contributed by atoms with Crippen LogP contribution in [0.5, 0.6) is 0 Å². The average Bonchev–Trinajstić information content (AvgIpc) is 1.57. The summed E-state index contributed by atoms with van der Waals surface area (Å²) in [6, 6.07) is 141. The number of rotatable bonds is 9. The molecule has 111 heavy (non-hydrogen) atoms. The molecule has 0 fully saturated rings. The molecule has 514 valence electrons. The van der Waals surface area contributed by atoms with E-state index < -0.39 is 0 Å². The first-order valence-corrected chi connectivity index (χ1v) is 38.0. The van der Waals surface area contributed by atoms with Crippen LogP contribution in [0.3, 0.4) is 0 Å². The van der Waals surface area contributed by atoms with E-state index in [9.17, 15) is 5.26 Å². The van der Waals surface area contributed by atoms with Crippen LogP contribution in [0, 0.1) is 11.3 Å². The standard InChI is InChI=1S/C103H62N8/c104-63-84-99(107-89-47-17-5-35-74(89)75-36-6-18-48-90(75)107)101(110-95-53-23-11-41-80(95)82-61-66(55-57-97(82)110)64-27-25-29-68(59-64)105-85-43-13-1-31-70(85)71-32-2-14-44-86(71)105)103(109-93-51-21-9-39-78(93)79-40-10-22-52-94(79)109)102(100(84)108-91-49-19-7-37-76(91)77-38-8-20-50-92(77)108)111-96-54-24-12-42-81(96)83-62-67(56-58-98(83)111)65-28-26-30-69(60-65)106-87-45-15-3-33-72(87)73-34-4-16-46-88(73)106/h1-62H. The number of fused-ring (bicyclic) bond motifs is 21. The molecule has 0 bridgehead atoms. The fourth-order valence-electron chi connectivity index (χ4n) is 19.2. The second kappa shape index (κ2) is 23.4. The minimum absolute atomic E-state index is 0.497. The average molecular weight is 1410 g/mol. The Balaban J connectivity index is 0.882. The van der Waals surface area contributed by atoms with Crippen molar-refractivity contribution in [1.29, 1.82) is 5.26 Å². The van der Waals surface area contributed by atoms with E-state index in [4.69, 9.17) is 0 Å². The van der Waals surface area contributed by atoms with Crippen molar-refractivity contribution in [2.45, 2.75) is 0 Å². The summed E-state index contributed by atoms with van der Waals surface area (Å²) in [4.78, 5) is 0. The first-order chi connectivity index (χ1) is 55.1. The predicted molar refractivity (Wildman–Crippen MR) is 462 cm³/mol. The van der Waals surface area contributed by atoms with Crippen molar-refractivity contribution in [3.8, 4) is 68.1 Å². The zero-order valence-electron chi connectivity index (χ0n) is 59.9. The molecule has 0 unspecified atom stereocenters. The zero-order valence-corrected chi connectivity index (χ0v) is 59.9. The lowest BCUT2D eigenvalue weighted by molar-refractivity contribution is 0.992. The molecule has 0 saturated heterocycles. The quantitative estimate of drug-likeness (QED) is 0.142. The van der Waals surface area contributed by atoms with Crippen LogP contribution in [0.15, 0.2) is 376 Å². The van der Waals surface area contributed by atoms with Crippen LogP contribution >= 0.6 is 0 Å². The van der Waals surface area contributed by atoms with E-state index in [-0.39, 0.29) is 0 Å². The third-order valence-corrected chi connectivity index (χ3v) is 23.7. The van der Waals surface area contributed by atoms with Crippen LogP contribution in [0.1, 0.15) is 5.56 Å². The largest absolute Gasteiger partial charge is 0.309 e. The molecular weight excluding hydrogens is 1350 g/mol.